The molecule has 0 amide bonds. The zero-order chi connectivity index (χ0) is 15.4. The van der Waals surface area contributed by atoms with Gasteiger partial charge in [-0.05, 0) is 29.9 Å². The Balaban J connectivity index is 2.23. The molecular formula is C13H13N3O4S. The van der Waals surface area contributed by atoms with Crippen LogP contribution in [-0.2, 0) is 6.54 Å². The van der Waals surface area contributed by atoms with Gasteiger partial charge in [0.1, 0.15) is 5.56 Å². The Kier molecular flexibility index (Phi) is 4.49. The minimum absolute atomic E-state index is 0.407. The van der Waals surface area contributed by atoms with Gasteiger partial charge in [-0.3, -0.25) is 24.0 Å². The van der Waals surface area contributed by atoms with Gasteiger partial charge in [-0.1, -0.05) is 6.92 Å². The van der Waals surface area contributed by atoms with E-state index >= 15 is 0 Å². The first-order chi connectivity index (χ1) is 10.0. The number of hydrogen-bond acceptors (Lipinski definition) is 6. The van der Waals surface area contributed by atoms with Crippen molar-refractivity contribution in [3.05, 3.63) is 49.6 Å². The number of rotatable bonds is 5. The Morgan fingerprint density at radius 2 is 2.29 bits per heavy atom. The maximum atomic E-state index is 11.9. The van der Waals surface area contributed by atoms with Crippen LogP contribution < -0.4 is 10.4 Å². The first-order valence-corrected chi connectivity index (χ1v) is 7.04. The highest BCUT2D eigenvalue weighted by Gasteiger charge is 2.15. The molecule has 8 heteroatoms. The highest BCUT2D eigenvalue weighted by molar-refractivity contribution is 7.11. The molecule has 2 aromatic heterocycles. The molecule has 0 aromatic carbocycles. The summed E-state index contributed by atoms with van der Waals surface area (Å²) in [6.07, 6.45) is 6.95. The quantitative estimate of drug-likeness (QED) is 0.633. The van der Waals surface area contributed by atoms with Crippen LogP contribution in [0, 0.1) is 0 Å². The molecule has 0 aliphatic rings. The van der Waals surface area contributed by atoms with Gasteiger partial charge < -0.3 is 5.11 Å². The van der Waals surface area contributed by atoms with Gasteiger partial charge >= 0.3 is 4.87 Å². The van der Waals surface area contributed by atoms with E-state index in [2.05, 4.69) is 5.10 Å². The van der Waals surface area contributed by atoms with Crippen molar-refractivity contribution >= 4 is 23.2 Å². The van der Waals surface area contributed by atoms with Crippen LogP contribution in [0.25, 0.3) is 6.08 Å². The van der Waals surface area contributed by atoms with Crippen LogP contribution in [0.1, 0.15) is 29.3 Å². The van der Waals surface area contributed by atoms with Gasteiger partial charge in [-0.15, -0.1) is 0 Å². The van der Waals surface area contributed by atoms with Crippen LogP contribution in [0.15, 0.2) is 28.1 Å². The zero-order valence-corrected chi connectivity index (χ0v) is 12.0. The molecule has 0 aliphatic heterocycles. The number of H-pyrrole nitrogens is 1. The molecule has 2 aromatic rings. The lowest BCUT2D eigenvalue weighted by atomic mass is 10.2. The summed E-state index contributed by atoms with van der Waals surface area (Å²) < 4.78 is 1.74. The number of nitrogens with one attached hydrogen (secondary N) is 1. The molecule has 7 nitrogen and oxygen atoms in total. The first kappa shape index (κ1) is 14.9. The number of aromatic nitrogens is 3. The van der Waals surface area contributed by atoms with Crippen molar-refractivity contribution < 1.29 is 9.90 Å². The number of allylic oxidation sites excluding steroid dienone is 1. The largest absolute Gasteiger partial charge is 0.499 e. The Hall–Kier alpha value is -2.48. The predicted octanol–water partition coefficient (Wildman–Crippen LogP) is 1.00. The van der Waals surface area contributed by atoms with Crippen molar-refractivity contribution in [1.82, 2.24) is 14.8 Å². The van der Waals surface area contributed by atoms with Gasteiger partial charge in [-0.25, -0.2) is 0 Å². The molecule has 0 saturated carbocycles. The molecule has 0 bridgehead atoms. The lowest BCUT2D eigenvalue weighted by molar-refractivity contribution is 0.104. The standard InChI is InChI=1S/C13H13N3O4S/c1-2-5-16-7-8(6-14-16)3-4-9(17)10-11(18)15-13(20)21-12(10)19/h3-4,6-7,19H,2,5H2,1H3,(H,15,18,20). The summed E-state index contributed by atoms with van der Waals surface area (Å²) in [5.41, 5.74) is -0.624. The van der Waals surface area contributed by atoms with E-state index in [1.807, 2.05) is 11.9 Å². The Morgan fingerprint density at radius 3 is 2.95 bits per heavy atom. The summed E-state index contributed by atoms with van der Waals surface area (Å²) in [4.78, 5) is 35.7. The number of aromatic amines is 1. The molecule has 0 aliphatic carbocycles. The molecule has 0 atom stereocenters. The van der Waals surface area contributed by atoms with Crippen LogP contribution in [-0.4, -0.2) is 25.7 Å². The van der Waals surface area contributed by atoms with Crippen molar-refractivity contribution in [2.75, 3.05) is 0 Å². The highest BCUT2D eigenvalue weighted by Crippen LogP contribution is 2.15. The van der Waals surface area contributed by atoms with E-state index in [1.165, 1.54) is 6.08 Å². The summed E-state index contributed by atoms with van der Waals surface area (Å²) in [6.45, 7) is 2.80. The lowest BCUT2D eigenvalue weighted by Crippen LogP contribution is -2.22. The van der Waals surface area contributed by atoms with E-state index in [0.29, 0.717) is 16.9 Å². The van der Waals surface area contributed by atoms with Gasteiger partial charge in [-0.2, -0.15) is 5.10 Å². The van der Waals surface area contributed by atoms with Gasteiger partial charge in [0, 0.05) is 18.3 Å². The minimum atomic E-state index is -0.896. The topological polar surface area (TPSA) is 105 Å². The lowest BCUT2D eigenvalue weighted by Gasteiger charge is -1.96. The van der Waals surface area contributed by atoms with Crippen molar-refractivity contribution in [1.29, 1.82) is 0 Å². The maximum Gasteiger partial charge on any atom is 0.310 e. The van der Waals surface area contributed by atoms with Crippen LogP contribution in [0.3, 0.4) is 0 Å². The normalized spacial score (nSPS) is 11.1. The van der Waals surface area contributed by atoms with Crippen LogP contribution in [0.5, 0.6) is 5.06 Å². The van der Waals surface area contributed by atoms with E-state index in [4.69, 9.17) is 0 Å². The molecule has 0 spiro atoms. The summed E-state index contributed by atoms with van der Waals surface area (Å²) >= 11 is 0.407. The monoisotopic (exact) mass is 307 g/mol. The molecule has 0 unspecified atom stereocenters. The number of aromatic hydroxyl groups is 1. The van der Waals surface area contributed by atoms with Crippen molar-refractivity contribution in [2.24, 2.45) is 0 Å². The fraction of sp³-hybridized carbons (Fsp3) is 0.231. The summed E-state index contributed by atoms with van der Waals surface area (Å²) in [7, 11) is 0. The van der Waals surface area contributed by atoms with Crippen LogP contribution >= 0.6 is 11.3 Å². The Morgan fingerprint density at radius 1 is 1.52 bits per heavy atom. The third-order valence-corrected chi connectivity index (χ3v) is 3.31. The van der Waals surface area contributed by atoms with E-state index in [1.54, 1.807) is 17.1 Å². The number of hydrogen-bond donors (Lipinski definition) is 2. The average molecular weight is 307 g/mol. The predicted molar refractivity (Wildman–Crippen MR) is 78.8 cm³/mol. The smallest absolute Gasteiger partial charge is 0.310 e. The third-order valence-electron chi connectivity index (χ3n) is 2.63. The van der Waals surface area contributed by atoms with Crippen molar-refractivity contribution in [2.45, 2.75) is 19.9 Å². The fourth-order valence-electron chi connectivity index (χ4n) is 1.71. The molecule has 110 valence electrons. The van der Waals surface area contributed by atoms with Gasteiger partial charge in [0.25, 0.3) is 5.56 Å². The number of carbonyl (C=O) groups is 1. The summed E-state index contributed by atoms with van der Waals surface area (Å²) in [5, 5.41) is 13.1. The van der Waals surface area contributed by atoms with Gasteiger partial charge in [0.2, 0.25) is 0 Å². The molecule has 0 fully saturated rings. The molecule has 21 heavy (non-hydrogen) atoms. The van der Waals surface area contributed by atoms with Gasteiger partial charge in [0.05, 0.1) is 6.20 Å². The highest BCUT2D eigenvalue weighted by atomic mass is 32.1. The van der Waals surface area contributed by atoms with E-state index < -0.39 is 26.8 Å². The average Bonchev–Trinajstić information content (AvgIpc) is 2.83. The maximum absolute atomic E-state index is 11.9. The van der Waals surface area contributed by atoms with Gasteiger partial charge in [0.15, 0.2) is 10.8 Å². The second-order valence-corrected chi connectivity index (χ2v) is 5.22. The fourth-order valence-corrected chi connectivity index (χ4v) is 2.32. The van der Waals surface area contributed by atoms with E-state index in [9.17, 15) is 19.5 Å². The van der Waals surface area contributed by atoms with E-state index in [0.717, 1.165) is 19.0 Å². The van der Waals surface area contributed by atoms with Crippen LogP contribution in [0.2, 0.25) is 0 Å². The number of aryl methyl sites for hydroxylation is 1. The minimum Gasteiger partial charge on any atom is -0.499 e. The molecular weight excluding hydrogens is 294 g/mol. The molecule has 2 heterocycles. The second kappa shape index (κ2) is 6.31. The summed E-state index contributed by atoms with van der Waals surface area (Å²) in [5.74, 6) is -0.673. The number of carbonyl (C=O) groups excluding carboxylic acids is 1. The van der Waals surface area contributed by atoms with E-state index in [-0.39, 0.29) is 0 Å². The Bertz CT molecular complexity index is 800. The third kappa shape index (κ3) is 3.54. The van der Waals surface area contributed by atoms with Crippen molar-refractivity contribution in [3.8, 4) is 5.06 Å². The molecule has 0 saturated heterocycles. The zero-order valence-electron chi connectivity index (χ0n) is 11.2. The van der Waals surface area contributed by atoms with Crippen LogP contribution in [0.4, 0.5) is 0 Å². The summed E-state index contributed by atoms with van der Waals surface area (Å²) in [6, 6.07) is 0. The number of nitrogens with zero attached hydrogens (tertiary/aromatic N) is 2. The SMILES string of the molecule is CCCn1cc(C=CC(=O)c2c(O)sc(=O)[nH]c2=O)cn1. The molecule has 2 N–H and O–H groups in total. The second-order valence-electron chi connectivity index (χ2n) is 4.26. The van der Waals surface area contributed by atoms with Crippen molar-refractivity contribution in [3.63, 3.8) is 0 Å². The number of ketones is 1. The first-order valence-electron chi connectivity index (χ1n) is 6.22. The molecule has 2 rings (SSSR count). The molecule has 0 radical (unpaired) electrons. The Labute approximate surface area is 123 Å².